The minimum atomic E-state index is -0.600. The molecule has 2 amide bonds. The molecule has 1 saturated carbocycles. The molecule has 0 saturated heterocycles. The van der Waals surface area contributed by atoms with Gasteiger partial charge in [-0.3, -0.25) is 9.59 Å². The first-order valence-corrected chi connectivity index (χ1v) is 8.38. The van der Waals surface area contributed by atoms with Gasteiger partial charge >= 0.3 is 0 Å². The quantitative estimate of drug-likeness (QED) is 0.869. The van der Waals surface area contributed by atoms with Gasteiger partial charge in [0.05, 0.1) is 5.56 Å². The number of rotatable bonds is 5. The predicted molar refractivity (Wildman–Crippen MR) is 92.2 cm³/mol. The Labute approximate surface area is 142 Å². The third-order valence-corrected chi connectivity index (χ3v) is 4.77. The van der Waals surface area contributed by atoms with Crippen LogP contribution in [0.15, 0.2) is 18.2 Å². The van der Waals surface area contributed by atoms with Crippen LogP contribution >= 0.6 is 0 Å². The normalized spacial score (nSPS) is 16.5. The van der Waals surface area contributed by atoms with E-state index in [0.717, 1.165) is 25.7 Å². The van der Waals surface area contributed by atoms with E-state index in [9.17, 15) is 14.0 Å². The van der Waals surface area contributed by atoms with Gasteiger partial charge in [0.25, 0.3) is 5.91 Å². The maximum atomic E-state index is 13.8. The molecule has 0 unspecified atom stereocenters. The van der Waals surface area contributed by atoms with E-state index in [2.05, 4.69) is 5.32 Å². The molecular weight excluding hydrogens is 309 g/mol. The lowest BCUT2D eigenvalue weighted by atomic mass is 9.71. The van der Waals surface area contributed by atoms with Crippen molar-refractivity contribution < 1.29 is 14.0 Å². The van der Waals surface area contributed by atoms with Crippen LogP contribution in [0.2, 0.25) is 0 Å². The first-order valence-electron chi connectivity index (χ1n) is 8.38. The summed E-state index contributed by atoms with van der Waals surface area (Å²) in [5, 5.41) is 2.78. The fourth-order valence-corrected chi connectivity index (χ4v) is 3.31. The molecule has 5 nitrogen and oxygen atoms in total. The Bertz CT molecular complexity index is 610. The van der Waals surface area contributed by atoms with E-state index in [0.29, 0.717) is 18.7 Å². The third-order valence-electron chi connectivity index (χ3n) is 4.77. The van der Waals surface area contributed by atoms with E-state index in [4.69, 9.17) is 5.73 Å². The van der Waals surface area contributed by atoms with E-state index >= 15 is 0 Å². The van der Waals surface area contributed by atoms with Crippen LogP contribution in [0.4, 0.5) is 10.1 Å². The van der Waals surface area contributed by atoms with Gasteiger partial charge in [0.2, 0.25) is 5.91 Å². The highest BCUT2D eigenvalue weighted by Gasteiger charge is 2.33. The Morgan fingerprint density at radius 2 is 1.92 bits per heavy atom. The van der Waals surface area contributed by atoms with Crippen molar-refractivity contribution in [2.24, 2.45) is 11.1 Å². The van der Waals surface area contributed by atoms with Crippen molar-refractivity contribution in [3.8, 4) is 0 Å². The first kappa shape index (κ1) is 18.4. The second kappa shape index (κ2) is 7.75. The average molecular weight is 335 g/mol. The van der Waals surface area contributed by atoms with E-state index in [-0.39, 0.29) is 16.9 Å². The second-order valence-corrected chi connectivity index (χ2v) is 6.88. The summed E-state index contributed by atoms with van der Waals surface area (Å²) in [6.07, 6.45) is 5.68. The van der Waals surface area contributed by atoms with Gasteiger partial charge in [-0.2, -0.15) is 0 Å². The number of anilines is 1. The Hall–Kier alpha value is -1.95. The molecule has 0 radical (unpaired) electrons. The highest BCUT2D eigenvalue weighted by Crippen LogP contribution is 2.38. The second-order valence-electron chi connectivity index (χ2n) is 6.88. The molecule has 1 aromatic carbocycles. The number of nitrogens with one attached hydrogen (secondary N) is 1. The highest BCUT2D eigenvalue weighted by atomic mass is 19.1. The van der Waals surface area contributed by atoms with Gasteiger partial charge in [0.15, 0.2) is 0 Å². The summed E-state index contributed by atoms with van der Waals surface area (Å²) in [4.78, 5) is 25.7. The van der Waals surface area contributed by atoms with E-state index in [1.54, 1.807) is 14.1 Å². The zero-order valence-corrected chi connectivity index (χ0v) is 14.4. The van der Waals surface area contributed by atoms with E-state index in [1.807, 2.05) is 0 Å². The van der Waals surface area contributed by atoms with Crippen LogP contribution in [0.1, 0.15) is 48.9 Å². The molecule has 3 N–H and O–H groups in total. The number of carbonyl (C=O) groups is 2. The highest BCUT2D eigenvalue weighted by molar-refractivity contribution is 5.97. The van der Waals surface area contributed by atoms with Crippen molar-refractivity contribution in [3.05, 3.63) is 29.6 Å². The number of hydrogen-bond acceptors (Lipinski definition) is 3. The number of carbonyl (C=O) groups excluding carboxylic acids is 2. The number of benzene rings is 1. The molecule has 24 heavy (non-hydrogen) atoms. The van der Waals surface area contributed by atoms with Crippen LogP contribution in [0.25, 0.3) is 0 Å². The lowest BCUT2D eigenvalue weighted by Gasteiger charge is -2.35. The average Bonchev–Trinajstić information content (AvgIpc) is 2.56. The zero-order valence-electron chi connectivity index (χ0n) is 14.4. The minimum Gasteiger partial charge on any atom is -0.345 e. The van der Waals surface area contributed by atoms with Gasteiger partial charge in [-0.15, -0.1) is 0 Å². The molecule has 1 fully saturated rings. The van der Waals surface area contributed by atoms with Crippen molar-refractivity contribution in [1.29, 1.82) is 0 Å². The van der Waals surface area contributed by atoms with Gasteiger partial charge in [0.1, 0.15) is 5.82 Å². The van der Waals surface area contributed by atoms with Crippen molar-refractivity contribution >= 4 is 17.5 Å². The summed E-state index contributed by atoms with van der Waals surface area (Å²) in [5.74, 6) is -1.18. The molecule has 2 rings (SSSR count). The third kappa shape index (κ3) is 4.32. The largest absolute Gasteiger partial charge is 0.345 e. The van der Waals surface area contributed by atoms with Gasteiger partial charge in [-0.05, 0) is 43.0 Å². The number of nitrogens with zero attached hydrogens (tertiary/aromatic N) is 1. The summed E-state index contributed by atoms with van der Waals surface area (Å²) in [6.45, 7) is 0.494. The molecule has 1 aliphatic rings. The summed E-state index contributed by atoms with van der Waals surface area (Å²) in [6, 6.07) is 4.05. The molecular formula is C18H26FN3O2. The lowest BCUT2D eigenvalue weighted by Crippen LogP contribution is -2.36. The van der Waals surface area contributed by atoms with E-state index < -0.39 is 11.7 Å². The van der Waals surface area contributed by atoms with Crippen molar-refractivity contribution in [2.45, 2.75) is 38.5 Å². The summed E-state index contributed by atoms with van der Waals surface area (Å²) < 4.78 is 13.8. The van der Waals surface area contributed by atoms with Gasteiger partial charge in [-0.25, -0.2) is 4.39 Å². The molecule has 132 valence electrons. The van der Waals surface area contributed by atoms with Gasteiger partial charge in [0, 0.05) is 26.2 Å². The molecule has 0 aromatic heterocycles. The topological polar surface area (TPSA) is 75.4 Å². The number of amides is 2. The Morgan fingerprint density at radius 3 is 2.50 bits per heavy atom. The van der Waals surface area contributed by atoms with Crippen LogP contribution in [0.3, 0.4) is 0 Å². The maximum Gasteiger partial charge on any atom is 0.256 e. The van der Waals surface area contributed by atoms with Gasteiger partial charge in [-0.1, -0.05) is 19.3 Å². The molecule has 0 atom stereocenters. The standard InChI is InChI=1S/C18H26FN3O2/c1-22(2)17(24)14-10-13(6-7-15(14)19)21-16(23)11-18(12-20)8-4-3-5-9-18/h6-7,10H,3-5,8-9,11-12,20H2,1-2H3,(H,21,23). The smallest absolute Gasteiger partial charge is 0.256 e. The molecule has 6 heteroatoms. The van der Waals surface area contributed by atoms with Crippen LogP contribution in [0.5, 0.6) is 0 Å². The van der Waals surface area contributed by atoms with Crippen LogP contribution in [0, 0.1) is 11.2 Å². The molecule has 0 aliphatic heterocycles. The number of halogens is 1. The Balaban J connectivity index is 2.09. The van der Waals surface area contributed by atoms with Crippen LogP contribution < -0.4 is 11.1 Å². The fourth-order valence-electron chi connectivity index (χ4n) is 3.31. The number of nitrogens with two attached hydrogens (primary N) is 1. The molecule has 0 bridgehead atoms. The predicted octanol–water partition coefficient (Wildman–Crippen LogP) is 2.77. The lowest BCUT2D eigenvalue weighted by molar-refractivity contribution is -0.118. The Morgan fingerprint density at radius 1 is 1.25 bits per heavy atom. The maximum absolute atomic E-state index is 13.8. The number of hydrogen-bond donors (Lipinski definition) is 2. The summed E-state index contributed by atoms with van der Waals surface area (Å²) in [5.41, 5.74) is 6.16. The van der Waals surface area contributed by atoms with Crippen molar-refractivity contribution in [2.75, 3.05) is 26.0 Å². The summed E-state index contributed by atoms with van der Waals surface area (Å²) >= 11 is 0. The fraction of sp³-hybridized carbons (Fsp3) is 0.556. The van der Waals surface area contributed by atoms with Crippen molar-refractivity contribution in [3.63, 3.8) is 0 Å². The molecule has 1 aliphatic carbocycles. The minimum absolute atomic E-state index is 0.0518. The van der Waals surface area contributed by atoms with Crippen LogP contribution in [-0.2, 0) is 4.79 Å². The Kier molecular flexibility index (Phi) is 5.94. The monoisotopic (exact) mass is 335 g/mol. The molecule has 0 heterocycles. The molecule has 0 spiro atoms. The SMILES string of the molecule is CN(C)C(=O)c1cc(NC(=O)CC2(CN)CCCCC2)ccc1F. The first-order chi connectivity index (χ1) is 11.4. The van der Waals surface area contributed by atoms with E-state index in [1.165, 1.54) is 29.5 Å². The van der Waals surface area contributed by atoms with Crippen molar-refractivity contribution in [1.82, 2.24) is 4.90 Å². The summed E-state index contributed by atoms with van der Waals surface area (Å²) in [7, 11) is 3.11. The zero-order chi connectivity index (χ0) is 17.7. The van der Waals surface area contributed by atoms with Crippen LogP contribution in [-0.4, -0.2) is 37.4 Å². The van der Waals surface area contributed by atoms with Gasteiger partial charge < -0.3 is 16.0 Å². The molecule has 1 aromatic rings.